The smallest absolute Gasteiger partial charge is 0.226 e. The number of rotatable bonds is 9. The highest BCUT2D eigenvalue weighted by atomic mass is 35.5. The first-order valence-electron chi connectivity index (χ1n) is 8.94. The van der Waals surface area contributed by atoms with E-state index in [1.165, 1.54) is 0 Å². The highest BCUT2D eigenvalue weighted by molar-refractivity contribution is 6.37. The van der Waals surface area contributed by atoms with Crippen LogP contribution in [-0.4, -0.2) is 22.3 Å². The maximum atomic E-state index is 12.3. The summed E-state index contributed by atoms with van der Waals surface area (Å²) < 4.78 is 7.28. The summed E-state index contributed by atoms with van der Waals surface area (Å²) in [6.45, 7) is 4.93. The van der Waals surface area contributed by atoms with Crippen LogP contribution in [0.2, 0.25) is 15.1 Å². The van der Waals surface area contributed by atoms with E-state index in [-0.39, 0.29) is 12.3 Å². The van der Waals surface area contributed by atoms with Crippen molar-refractivity contribution in [2.75, 3.05) is 6.61 Å². The second kappa shape index (κ2) is 10.2. The van der Waals surface area contributed by atoms with E-state index in [1.54, 1.807) is 23.9 Å². The zero-order chi connectivity index (χ0) is 20.0. The number of hydrogen-bond acceptors (Lipinski definition) is 3. The summed E-state index contributed by atoms with van der Waals surface area (Å²) in [6, 6.07) is 3.50. The van der Waals surface area contributed by atoms with Crippen molar-refractivity contribution in [2.45, 2.75) is 46.1 Å². The van der Waals surface area contributed by atoms with E-state index < -0.39 is 0 Å². The van der Waals surface area contributed by atoms with Gasteiger partial charge in [0.25, 0.3) is 0 Å². The van der Waals surface area contributed by atoms with Gasteiger partial charge in [0.15, 0.2) is 5.75 Å². The first-order chi connectivity index (χ1) is 12.9. The van der Waals surface area contributed by atoms with Gasteiger partial charge in [-0.15, -0.1) is 0 Å². The molecule has 1 aromatic carbocycles. The molecule has 0 saturated carbocycles. The summed E-state index contributed by atoms with van der Waals surface area (Å²) >= 11 is 18.8. The monoisotopic (exact) mass is 431 g/mol. The standard InChI is InChI=1S/C19H24Cl3N3O2/c1-4-6-7-27-19-13(20)8-12(9-14(19)21)11-23-17(26)10-16-18(22)15(5-2)24-25(16)3/h8-9H,4-7,10-11H2,1-3H3,(H,23,26). The first kappa shape index (κ1) is 21.9. The number of ether oxygens (including phenoxy) is 1. The molecule has 148 valence electrons. The van der Waals surface area contributed by atoms with Crippen molar-refractivity contribution >= 4 is 40.7 Å². The summed E-state index contributed by atoms with van der Waals surface area (Å²) in [5.74, 6) is 0.327. The number of amides is 1. The predicted molar refractivity (Wildman–Crippen MR) is 110 cm³/mol. The summed E-state index contributed by atoms with van der Waals surface area (Å²) in [5, 5.41) is 8.60. The maximum Gasteiger partial charge on any atom is 0.226 e. The fourth-order valence-corrected chi connectivity index (χ4v) is 3.60. The van der Waals surface area contributed by atoms with Crippen molar-refractivity contribution in [1.29, 1.82) is 0 Å². The average molecular weight is 433 g/mol. The van der Waals surface area contributed by atoms with Crippen LogP contribution < -0.4 is 10.1 Å². The van der Waals surface area contributed by atoms with Crippen LogP contribution in [0.25, 0.3) is 0 Å². The van der Waals surface area contributed by atoms with Gasteiger partial charge in [0.2, 0.25) is 5.91 Å². The molecule has 5 nitrogen and oxygen atoms in total. The number of nitrogens with one attached hydrogen (secondary N) is 1. The Bertz CT molecular complexity index is 783. The Balaban J connectivity index is 1.98. The minimum atomic E-state index is -0.155. The number of carbonyl (C=O) groups excluding carboxylic acids is 1. The van der Waals surface area contributed by atoms with E-state index >= 15 is 0 Å². The van der Waals surface area contributed by atoms with Gasteiger partial charge in [-0.25, -0.2) is 0 Å². The molecule has 0 fully saturated rings. The second-order valence-corrected chi connectivity index (χ2v) is 7.42. The molecular formula is C19H24Cl3N3O2. The molecule has 0 unspecified atom stereocenters. The van der Waals surface area contributed by atoms with Gasteiger partial charge in [0.1, 0.15) is 0 Å². The number of carbonyl (C=O) groups is 1. The topological polar surface area (TPSA) is 56.1 Å². The fourth-order valence-electron chi connectivity index (χ4n) is 2.60. The van der Waals surface area contributed by atoms with Crippen LogP contribution in [0.1, 0.15) is 43.6 Å². The molecule has 0 aliphatic rings. The summed E-state index contributed by atoms with van der Waals surface area (Å²) in [4.78, 5) is 12.3. The van der Waals surface area contributed by atoms with Crippen molar-refractivity contribution in [3.63, 3.8) is 0 Å². The van der Waals surface area contributed by atoms with Crippen LogP contribution in [0, 0.1) is 0 Å². The Morgan fingerprint density at radius 1 is 1.22 bits per heavy atom. The number of unbranched alkanes of at least 4 members (excludes halogenated alkanes) is 1. The van der Waals surface area contributed by atoms with E-state index in [4.69, 9.17) is 39.5 Å². The van der Waals surface area contributed by atoms with Crippen LogP contribution in [0.15, 0.2) is 12.1 Å². The molecule has 0 saturated heterocycles. The molecule has 0 aliphatic heterocycles. The van der Waals surface area contributed by atoms with Gasteiger partial charge in [-0.1, -0.05) is 55.1 Å². The van der Waals surface area contributed by atoms with Crippen LogP contribution in [0.5, 0.6) is 5.75 Å². The van der Waals surface area contributed by atoms with E-state index in [1.807, 2.05) is 6.92 Å². The Kier molecular flexibility index (Phi) is 8.27. The van der Waals surface area contributed by atoms with Gasteiger partial charge >= 0.3 is 0 Å². The van der Waals surface area contributed by atoms with E-state index in [0.717, 1.165) is 30.5 Å². The van der Waals surface area contributed by atoms with E-state index in [2.05, 4.69) is 17.3 Å². The molecule has 1 N–H and O–H groups in total. The van der Waals surface area contributed by atoms with E-state index in [0.29, 0.717) is 39.7 Å². The predicted octanol–water partition coefficient (Wildman–Crippen LogP) is 4.98. The van der Waals surface area contributed by atoms with Crippen molar-refractivity contribution < 1.29 is 9.53 Å². The molecular weight excluding hydrogens is 409 g/mol. The van der Waals surface area contributed by atoms with Gasteiger partial charge in [-0.3, -0.25) is 9.48 Å². The molecule has 0 spiro atoms. The summed E-state index contributed by atoms with van der Waals surface area (Å²) in [7, 11) is 1.78. The third-order valence-corrected chi connectivity index (χ3v) is 5.12. The lowest BCUT2D eigenvalue weighted by molar-refractivity contribution is -0.120. The largest absolute Gasteiger partial charge is 0.490 e. The Morgan fingerprint density at radius 3 is 2.44 bits per heavy atom. The number of aryl methyl sites for hydroxylation is 2. The highest BCUT2D eigenvalue weighted by Crippen LogP contribution is 2.34. The van der Waals surface area contributed by atoms with Crippen LogP contribution in [0.3, 0.4) is 0 Å². The van der Waals surface area contributed by atoms with Crippen molar-refractivity contribution in [2.24, 2.45) is 7.05 Å². The molecule has 0 atom stereocenters. The van der Waals surface area contributed by atoms with Crippen LogP contribution in [-0.2, 0) is 31.2 Å². The second-order valence-electron chi connectivity index (χ2n) is 6.23. The normalized spacial score (nSPS) is 10.9. The molecule has 8 heteroatoms. The lowest BCUT2D eigenvalue weighted by Crippen LogP contribution is -2.25. The molecule has 0 bridgehead atoms. The number of aromatic nitrogens is 2. The first-order valence-corrected chi connectivity index (χ1v) is 10.1. The Labute approximate surface area is 174 Å². The maximum absolute atomic E-state index is 12.3. The minimum Gasteiger partial charge on any atom is -0.490 e. The average Bonchev–Trinajstić information content (AvgIpc) is 2.89. The number of hydrogen-bond donors (Lipinski definition) is 1. The number of halogens is 3. The molecule has 1 heterocycles. The van der Waals surface area contributed by atoms with Crippen LogP contribution in [0.4, 0.5) is 0 Å². The van der Waals surface area contributed by atoms with Crippen molar-refractivity contribution in [3.05, 3.63) is 44.2 Å². The third kappa shape index (κ3) is 5.77. The van der Waals surface area contributed by atoms with Crippen molar-refractivity contribution in [3.8, 4) is 5.75 Å². The number of nitrogens with zero attached hydrogens (tertiary/aromatic N) is 2. The fraction of sp³-hybridized carbons (Fsp3) is 0.474. The Hall–Kier alpha value is -1.43. The Morgan fingerprint density at radius 2 is 1.89 bits per heavy atom. The molecule has 1 amide bonds. The lowest BCUT2D eigenvalue weighted by atomic mass is 10.2. The molecule has 2 aromatic rings. The van der Waals surface area contributed by atoms with E-state index in [9.17, 15) is 4.79 Å². The molecule has 0 aliphatic carbocycles. The molecule has 1 aromatic heterocycles. The van der Waals surface area contributed by atoms with Gasteiger partial charge in [0, 0.05) is 13.6 Å². The quantitative estimate of drug-likeness (QED) is 0.568. The minimum absolute atomic E-state index is 0.155. The molecule has 2 rings (SSSR count). The SMILES string of the molecule is CCCCOc1c(Cl)cc(CNC(=O)Cc2c(Cl)c(CC)nn2C)cc1Cl. The summed E-state index contributed by atoms with van der Waals surface area (Å²) in [5.41, 5.74) is 2.28. The highest BCUT2D eigenvalue weighted by Gasteiger charge is 2.16. The zero-order valence-electron chi connectivity index (χ0n) is 15.7. The molecule has 27 heavy (non-hydrogen) atoms. The molecule has 0 radical (unpaired) electrons. The van der Waals surface area contributed by atoms with Gasteiger partial charge in [-0.05, 0) is 30.5 Å². The third-order valence-electron chi connectivity index (χ3n) is 4.12. The number of benzene rings is 1. The zero-order valence-corrected chi connectivity index (χ0v) is 18.0. The summed E-state index contributed by atoms with van der Waals surface area (Å²) in [6.07, 6.45) is 2.83. The van der Waals surface area contributed by atoms with Gasteiger partial charge in [-0.2, -0.15) is 5.10 Å². The van der Waals surface area contributed by atoms with Gasteiger partial charge in [0.05, 0.1) is 39.5 Å². The van der Waals surface area contributed by atoms with Crippen LogP contribution >= 0.6 is 34.8 Å². The lowest BCUT2D eigenvalue weighted by Gasteiger charge is -2.12. The van der Waals surface area contributed by atoms with Crippen molar-refractivity contribution in [1.82, 2.24) is 15.1 Å². The van der Waals surface area contributed by atoms with Gasteiger partial charge < -0.3 is 10.1 Å².